The molecule has 1 unspecified atom stereocenters. The standard InChI is InChI=1S/C11H15IN2OS/c12-10-4-3-8(16-10)5-7-14-11(15)9-2-1-6-13-9/h3-4,9,13H,1-2,5-7H2,(H,14,15). The van der Waals surface area contributed by atoms with Crippen LogP contribution in [-0.2, 0) is 11.2 Å². The minimum atomic E-state index is 0.0449. The lowest BCUT2D eigenvalue weighted by Crippen LogP contribution is -2.41. The number of thiophene rings is 1. The molecule has 88 valence electrons. The molecule has 3 nitrogen and oxygen atoms in total. The van der Waals surface area contributed by atoms with Crippen molar-refractivity contribution in [2.24, 2.45) is 0 Å². The first-order valence-electron chi connectivity index (χ1n) is 5.51. The van der Waals surface area contributed by atoms with Gasteiger partial charge in [0.05, 0.1) is 8.93 Å². The molecule has 0 radical (unpaired) electrons. The van der Waals surface area contributed by atoms with Crippen molar-refractivity contribution in [3.63, 3.8) is 0 Å². The van der Waals surface area contributed by atoms with Crippen molar-refractivity contribution >= 4 is 39.8 Å². The van der Waals surface area contributed by atoms with Crippen molar-refractivity contribution in [2.45, 2.75) is 25.3 Å². The Bertz CT molecular complexity index is 361. The molecule has 16 heavy (non-hydrogen) atoms. The van der Waals surface area contributed by atoms with Crippen LogP contribution in [0, 0.1) is 2.88 Å². The molecule has 1 aromatic heterocycles. The fraction of sp³-hybridized carbons (Fsp3) is 0.545. The lowest BCUT2D eigenvalue weighted by atomic mass is 10.2. The summed E-state index contributed by atoms with van der Waals surface area (Å²) >= 11 is 4.11. The van der Waals surface area contributed by atoms with Crippen LogP contribution >= 0.6 is 33.9 Å². The zero-order valence-electron chi connectivity index (χ0n) is 8.96. The fourth-order valence-corrected chi connectivity index (χ4v) is 3.58. The summed E-state index contributed by atoms with van der Waals surface area (Å²) in [6.07, 6.45) is 3.02. The Hall–Kier alpha value is -0.140. The molecule has 1 aromatic rings. The second kappa shape index (κ2) is 5.97. The van der Waals surface area contributed by atoms with Crippen LogP contribution in [-0.4, -0.2) is 25.0 Å². The van der Waals surface area contributed by atoms with Gasteiger partial charge in [0.1, 0.15) is 0 Å². The van der Waals surface area contributed by atoms with Gasteiger partial charge in [-0.1, -0.05) is 0 Å². The molecule has 5 heteroatoms. The number of hydrogen-bond donors (Lipinski definition) is 2. The van der Waals surface area contributed by atoms with Crippen molar-refractivity contribution in [1.82, 2.24) is 10.6 Å². The summed E-state index contributed by atoms with van der Waals surface area (Å²) in [7, 11) is 0. The number of carbonyl (C=O) groups excluding carboxylic acids is 1. The van der Waals surface area contributed by atoms with E-state index in [1.54, 1.807) is 11.3 Å². The van der Waals surface area contributed by atoms with Gasteiger partial charge in [0.2, 0.25) is 5.91 Å². The molecule has 1 aliphatic heterocycles. The highest BCUT2D eigenvalue weighted by molar-refractivity contribution is 14.1. The van der Waals surface area contributed by atoms with Gasteiger partial charge >= 0.3 is 0 Å². The first-order valence-corrected chi connectivity index (χ1v) is 7.40. The number of nitrogens with one attached hydrogen (secondary N) is 2. The Morgan fingerprint density at radius 2 is 2.50 bits per heavy atom. The molecular weight excluding hydrogens is 335 g/mol. The highest BCUT2D eigenvalue weighted by Crippen LogP contribution is 2.18. The van der Waals surface area contributed by atoms with Gasteiger partial charge in [-0.25, -0.2) is 0 Å². The molecule has 1 fully saturated rings. The van der Waals surface area contributed by atoms with E-state index in [-0.39, 0.29) is 11.9 Å². The van der Waals surface area contributed by atoms with Gasteiger partial charge in [-0.3, -0.25) is 4.79 Å². The molecule has 2 heterocycles. The maximum atomic E-state index is 11.7. The highest BCUT2D eigenvalue weighted by Gasteiger charge is 2.21. The van der Waals surface area contributed by atoms with Crippen LogP contribution in [0.15, 0.2) is 12.1 Å². The van der Waals surface area contributed by atoms with Gasteiger partial charge < -0.3 is 10.6 Å². The van der Waals surface area contributed by atoms with E-state index in [9.17, 15) is 4.79 Å². The summed E-state index contributed by atoms with van der Waals surface area (Å²) in [4.78, 5) is 13.0. The first-order chi connectivity index (χ1) is 7.75. The SMILES string of the molecule is O=C(NCCc1ccc(I)s1)C1CCCN1. The third-order valence-corrected chi connectivity index (χ3v) is 4.63. The summed E-state index contributed by atoms with van der Waals surface area (Å²) in [5, 5.41) is 6.18. The summed E-state index contributed by atoms with van der Waals surface area (Å²) in [5.74, 6) is 0.156. The van der Waals surface area contributed by atoms with Gasteiger partial charge in [-0.2, -0.15) is 0 Å². The van der Waals surface area contributed by atoms with Gasteiger partial charge in [-0.15, -0.1) is 11.3 Å². The van der Waals surface area contributed by atoms with E-state index in [1.165, 1.54) is 7.76 Å². The molecule has 0 aromatic carbocycles. The zero-order valence-corrected chi connectivity index (χ0v) is 11.9. The Labute approximate surface area is 113 Å². The lowest BCUT2D eigenvalue weighted by Gasteiger charge is -2.10. The van der Waals surface area contributed by atoms with Crippen LogP contribution in [0.2, 0.25) is 0 Å². The maximum Gasteiger partial charge on any atom is 0.237 e. The monoisotopic (exact) mass is 350 g/mol. The quantitative estimate of drug-likeness (QED) is 0.813. The minimum Gasteiger partial charge on any atom is -0.354 e. The van der Waals surface area contributed by atoms with Gasteiger partial charge in [0, 0.05) is 11.4 Å². The maximum absolute atomic E-state index is 11.7. The number of amides is 1. The molecule has 2 rings (SSSR count). The highest BCUT2D eigenvalue weighted by atomic mass is 127. The molecule has 1 atom stereocenters. The van der Waals surface area contributed by atoms with Crippen LogP contribution in [0.5, 0.6) is 0 Å². The van der Waals surface area contributed by atoms with Crippen molar-refractivity contribution in [2.75, 3.05) is 13.1 Å². The van der Waals surface area contributed by atoms with E-state index in [4.69, 9.17) is 0 Å². The molecule has 0 aliphatic carbocycles. The Morgan fingerprint density at radius 1 is 1.62 bits per heavy atom. The second-order valence-electron chi connectivity index (χ2n) is 3.90. The number of carbonyl (C=O) groups is 1. The third kappa shape index (κ3) is 3.43. The van der Waals surface area contributed by atoms with Crippen LogP contribution in [0.3, 0.4) is 0 Å². The summed E-state index contributed by atoms with van der Waals surface area (Å²) < 4.78 is 1.30. The predicted octanol–water partition coefficient (Wildman–Crippen LogP) is 1.76. The number of hydrogen-bond acceptors (Lipinski definition) is 3. The van der Waals surface area contributed by atoms with E-state index < -0.39 is 0 Å². The zero-order chi connectivity index (χ0) is 11.4. The average Bonchev–Trinajstić information content (AvgIpc) is 2.89. The molecular formula is C11H15IN2OS. The van der Waals surface area contributed by atoms with Crippen molar-refractivity contribution in [3.8, 4) is 0 Å². The number of halogens is 1. The van der Waals surface area contributed by atoms with Crippen LogP contribution < -0.4 is 10.6 Å². The normalized spacial score (nSPS) is 19.9. The Kier molecular flexibility index (Phi) is 4.60. The summed E-state index contributed by atoms with van der Waals surface area (Å²) in [6, 6.07) is 4.29. The van der Waals surface area contributed by atoms with Crippen molar-refractivity contribution in [1.29, 1.82) is 0 Å². The van der Waals surface area contributed by atoms with Crippen LogP contribution in [0.4, 0.5) is 0 Å². The van der Waals surface area contributed by atoms with E-state index in [1.807, 2.05) is 0 Å². The summed E-state index contributed by atoms with van der Waals surface area (Å²) in [6.45, 7) is 1.72. The first kappa shape index (κ1) is 12.3. The topological polar surface area (TPSA) is 41.1 Å². The molecule has 0 saturated carbocycles. The molecule has 1 amide bonds. The lowest BCUT2D eigenvalue weighted by molar-refractivity contribution is -0.122. The number of rotatable bonds is 4. The predicted molar refractivity (Wildman–Crippen MR) is 74.8 cm³/mol. The third-order valence-electron chi connectivity index (χ3n) is 2.68. The van der Waals surface area contributed by atoms with Gasteiger partial charge in [0.15, 0.2) is 0 Å². The van der Waals surface area contributed by atoms with Gasteiger partial charge in [-0.05, 0) is 60.5 Å². The van der Waals surface area contributed by atoms with Crippen LogP contribution in [0.1, 0.15) is 17.7 Å². The van der Waals surface area contributed by atoms with E-state index in [0.717, 1.165) is 32.4 Å². The minimum absolute atomic E-state index is 0.0449. The smallest absolute Gasteiger partial charge is 0.237 e. The van der Waals surface area contributed by atoms with E-state index in [2.05, 4.69) is 45.4 Å². The van der Waals surface area contributed by atoms with Crippen molar-refractivity contribution < 1.29 is 4.79 Å². The van der Waals surface area contributed by atoms with E-state index in [0.29, 0.717) is 0 Å². The summed E-state index contributed by atoms with van der Waals surface area (Å²) in [5.41, 5.74) is 0. The Balaban J connectivity index is 1.69. The van der Waals surface area contributed by atoms with Gasteiger partial charge in [0.25, 0.3) is 0 Å². The van der Waals surface area contributed by atoms with Crippen molar-refractivity contribution in [3.05, 3.63) is 19.9 Å². The molecule has 1 aliphatic rings. The molecule has 2 N–H and O–H groups in total. The fourth-order valence-electron chi connectivity index (χ4n) is 1.83. The molecule has 1 saturated heterocycles. The second-order valence-corrected chi connectivity index (χ2v) is 6.96. The molecule has 0 bridgehead atoms. The van der Waals surface area contributed by atoms with Crippen LogP contribution in [0.25, 0.3) is 0 Å². The largest absolute Gasteiger partial charge is 0.354 e. The average molecular weight is 350 g/mol. The molecule has 0 spiro atoms. The van der Waals surface area contributed by atoms with E-state index >= 15 is 0 Å². The Morgan fingerprint density at radius 3 is 3.12 bits per heavy atom.